The van der Waals surface area contributed by atoms with Crippen LogP contribution in [0.5, 0.6) is 5.75 Å². The van der Waals surface area contributed by atoms with E-state index in [9.17, 15) is 0 Å². The highest BCUT2D eigenvalue weighted by Gasteiger charge is 2.25. The van der Waals surface area contributed by atoms with Gasteiger partial charge in [0, 0.05) is 5.56 Å². The first-order valence-electron chi connectivity index (χ1n) is 14.4. The van der Waals surface area contributed by atoms with Crippen LogP contribution in [0.1, 0.15) is 115 Å². The Balaban J connectivity index is 1.53. The van der Waals surface area contributed by atoms with Crippen molar-refractivity contribution in [1.29, 1.82) is 0 Å². The highest BCUT2D eigenvalue weighted by molar-refractivity contribution is 5.67. The van der Waals surface area contributed by atoms with Gasteiger partial charge in [0.2, 0.25) is 0 Å². The van der Waals surface area contributed by atoms with Crippen molar-refractivity contribution < 1.29 is 13.5 Å². The van der Waals surface area contributed by atoms with Crippen LogP contribution < -0.4 is 4.74 Å². The largest absolute Gasteiger partial charge is 0.494 e. The highest BCUT2D eigenvalue weighted by Crippen LogP contribution is 2.36. The zero-order valence-corrected chi connectivity index (χ0v) is 22.1. The molecule has 0 bridgehead atoms. The van der Waals surface area contributed by atoms with Crippen LogP contribution in [0.25, 0.3) is 11.1 Å². The Bertz CT molecular complexity index is 874. The normalized spacial score (nSPS) is 15.3. The van der Waals surface area contributed by atoms with Gasteiger partial charge in [0.25, 0.3) is 0 Å². The third-order valence-electron chi connectivity index (χ3n) is 7.61. The minimum atomic E-state index is -0.704. The maximum atomic E-state index is 15.1. The molecule has 1 unspecified atom stereocenters. The summed E-state index contributed by atoms with van der Waals surface area (Å²) in [6.07, 6.45) is 18.8. The van der Waals surface area contributed by atoms with Gasteiger partial charge < -0.3 is 4.74 Å². The molecular weight excluding hydrogens is 438 g/mol. The minimum Gasteiger partial charge on any atom is -0.494 e. The third-order valence-corrected chi connectivity index (χ3v) is 7.61. The summed E-state index contributed by atoms with van der Waals surface area (Å²) in [6.45, 7) is 5.16. The molecule has 194 valence electrons. The van der Waals surface area contributed by atoms with Crippen LogP contribution in [0.3, 0.4) is 0 Å². The first-order chi connectivity index (χ1) is 17.1. The molecule has 1 atom stereocenters. The monoisotopic (exact) mass is 484 g/mol. The number of fused-ring (bicyclic) bond motifs is 1. The molecule has 1 aliphatic carbocycles. The summed E-state index contributed by atoms with van der Waals surface area (Å²) in [5, 5.41) is 0. The van der Waals surface area contributed by atoms with Gasteiger partial charge in [-0.25, -0.2) is 8.78 Å². The topological polar surface area (TPSA) is 9.23 Å². The number of rotatable bonds is 16. The predicted octanol–water partition coefficient (Wildman–Crippen LogP) is 10.2. The van der Waals surface area contributed by atoms with E-state index in [0.29, 0.717) is 35.6 Å². The van der Waals surface area contributed by atoms with Crippen molar-refractivity contribution in [2.75, 3.05) is 6.61 Å². The second-order valence-electron chi connectivity index (χ2n) is 10.5. The number of benzene rings is 2. The quantitative estimate of drug-likeness (QED) is 0.215. The van der Waals surface area contributed by atoms with Crippen molar-refractivity contribution in [3.63, 3.8) is 0 Å². The van der Waals surface area contributed by atoms with Crippen LogP contribution in [0, 0.1) is 17.6 Å². The summed E-state index contributed by atoms with van der Waals surface area (Å²) in [5.74, 6) is -0.0616. The smallest absolute Gasteiger partial charge is 0.166 e. The molecule has 0 saturated carbocycles. The van der Waals surface area contributed by atoms with E-state index in [1.54, 1.807) is 0 Å². The van der Waals surface area contributed by atoms with Gasteiger partial charge in [-0.2, -0.15) is 0 Å². The standard InChI is InChI=1S/C32H46F2O/c1-3-5-7-9-11-13-15-25-16-17-27-24-30(32(34)31(33)29(27)23-25)26-18-20-28(21-19-26)35-22-14-12-10-8-6-4-2/h18-21,24-25H,3-17,22-23H2,1-2H3. The molecule has 0 amide bonds. The lowest BCUT2D eigenvalue weighted by molar-refractivity contribution is 0.304. The second kappa shape index (κ2) is 15.3. The van der Waals surface area contributed by atoms with Crippen molar-refractivity contribution in [1.82, 2.24) is 0 Å². The minimum absolute atomic E-state index is 0.373. The van der Waals surface area contributed by atoms with Gasteiger partial charge in [0.05, 0.1) is 6.61 Å². The molecule has 0 N–H and O–H groups in total. The summed E-state index contributed by atoms with van der Waals surface area (Å²) in [7, 11) is 0. The fourth-order valence-electron chi connectivity index (χ4n) is 5.38. The van der Waals surface area contributed by atoms with Crippen LogP contribution in [0.4, 0.5) is 8.78 Å². The van der Waals surface area contributed by atoms with E-state index in [1.165, 1.54) is 70.6 Å². The number of halogens is 2. The van der Waals surface area contributed by atoms with Crippen LogP contribution in [-0.4, -0.2) is 6.61 Å². The average Bonchev–Trinajstić information content (AvgIpc) is 2.88. The van der Waals surface area contributed by atoms with Crippen LogP contribution in [0.2, 0.25) is 0 Å². The summed E-state index contributed by atoms with van der Waals surface area (Å²) in [6, 6.07) is 9.34. The zero-order valence-electron chi connectivity index (χ0n) is 22.1. The van der Waals surface area contributed by atoms with E-state index in [1.807, 2.05) is 30.3 Å². The van der Waals surface area contributed by atoms with Crippen LogP contribution in [0.15, 0.2) is 30.3 Å². The second-order valence-corrected chi connectivity index (χ2v) is 10.5. The molecule has 0 aromatic heterocycles. The molecule has 2 aromatic carbocycles. The van der Waals surface area contributed by atoms with E-state index < -0.39 is 11.6 Å². The van der Waals surface area contributed by atoms with Crippen LogP contribution >= 0.6 is 0 Å². The van der Waals surface area contributed by atoms with E-state index >= 15 is 8.78 Å². The zero-order chi connectivity index (χ0) is 24.9. The molecule has 0 radical (unpaired) electrons. The van der Waals surface area contributed by atoms with Crippen molar-refractivity contribution in [2.24, 2.45) is 5.92 Å². The van der Waals surface area contributed by atoms with Gasteiger partial charge >= 0.3 is 0 Å². The lowest BCUT2D eigenvalue weighted by Gasteiger charge is -2.26. The lowest BCUT2D eigenvalue weighted by atomic mass is 9.80. The maximum absolute atomic E-state index is 15.1. The molecule has 0 heterocycles. The van der Waals surface area contributed by atoms with Crippen molar-refractivity contribution in [3.05, 3.63) is 53.1 Å². The van der Waals surface area contributed by atoms with Gasteiger partial charge in [0.1, 0.15) is 5.75 Å². The number of hydrogen-bond donors (Lipinski definition) is 0. The third kappa shape index (κ3) is 8.62. The van der Waals surface area contributed by atoms with E-state index in [0.717, 1.165) is 37.0 Å². The summed E-state index contributed by atoms with van der Waals surface area (Å²) >= 11 is 0. The lowest BCUT2D eigenvalue weighted by Crippen LogP contribution is -2.17. The van der Waals surface area contributed by atoms with Gasteiger partial charge in [-0.15, -0.1) is 0 Å². The molecule has 3 rings (SSSR count). The average molecular weight is 485 g/mol. The van der Waals surface area contributed by atoms with Gasteiger partial charge in [-0.3, -0.25) is 0 Å². The Kier molecular flexibility index (Phi) is 12.1. The molecule has 1 aliphatic rings. The van der Waals surface area contributed by atoms with Gasteiger partial charge in [-0.1, -0.05) is 103 Å². The molecule has 0 spiro atoms. The van der Waals surface area contributed by atoms with Crippen molar-refractivity contribution in [3.8, 4) is 16.9 Å². The van der Waals surface area contributed by atoms with Crippen molar-refractivity contribution >= 4 is 0 Å². The molecule has 35 heavy (non-hydrogen) atoms. The molecule has 0 aliphatic heterocycles. The fraction of sp³-hybridized carbons (Fsp3) is 0.625. The molecule has 1 nitrogen and oxygen atoms in total. The first-order valence-corrected chi connectivity index (χ1v) is 14.4. The Morgan fingerprint density at radius 2 is 1.40 bits per heavy atom. The Labute approximate surface area is 212 Å². The summed E-state index contributed by atoms with van der Waals surface area (Å²) < 4.78 is 36.1. The van der Waals surface area contributed by atoms with Gasteiger partial charge in [0.15, 0.2) is 11.6 Å². The Hall–Kier alpha value is -1.90. The molecular formula is C32H46F2O. The molecule has 0 fully saturated rings. The summed E-state index contributed by atoms with van der Waals surface area (Å²) in [4.78, 5) is 0. The molecule has 3 heteroatoms. The SMILES string of the molecule is CCCCCCCCOc1ccc(-c2cc3c(c(F)c2F)CC(CCCCCCCC)CC3)cc1. The molecule has 2 aromatic rings. The van der Waals surface area contributed by atoms with Crippen molar-refractivity contribution in [2.45, 2.75) is 117 Å². The summed E-state index contributed by atoms with van der Waals surface area (Å²) in [5.41, 5.74) is 2.69. The Morgan fingerprint density at radius 3 is 2.09 bits per heavy atom. The number of ether oxygens (including phenoxy) is 1. The number of hydrogen-bond acceptors (Lipinski definition) is 1. The predicted molar refractivity (Wildman–Crippen MR) is 144 cm³/mol. The highest BCUT2D eigenvalue weighted by atomic mass is 19.2. The fourth-order valence-corrected chi connectivity index (χ4v) is 5.38. The van der Waals surface area contributed by atoms with E-state index in [4.69, 9.17) is 4.74 Å². The number of aryl methyl sites for hydroxylation is 1. The maximum Gasteiger partial charge on any atom is 0.166 e. The van der Waals surface area contributed by atoms with Crippen LogP contribution in [-0.2, 0) is 12.8 Å². The first kappa shape index (κ1) is 27.7. The van der Waals surface area contributed by atoms with E-state index in [2.05, 4.69) is 13.8 Å². The number of unbranched alkanes of at least 4 members (excludes halogenated alkanes) is 10. The molecule has 0 saturated heterocycles. The van der Waals surface area contributed by atoms with E-state index in [-0.39, 0.29) is 0 Å². The Morgan fingerprint density at radius 1 is 0.771 bits per heavy atom. The van der Waals surface area contributed by atoms with Gasteiger partial charge in [-0.05, 0) is 66.5 Å².